The van der Waals surface area contributed by atoms with Crippen molar-refractivity contribution in [3.63, 3.8) is 0 Å². The lowest BCUT2D eigenvalue weighted by atomic mass is 9.94. The molecule has 1 aliphatic heterocycles. The molecule has 3 N–H and O–H groups in total. The number of aromatic amines is 1. The number of carbonyl (C=O) groups is 1. The van der Waals surface area contributed by atoms with Gasteiger partial charge in [0.25, 0.3) is 5.91 Å². The van der Waals surface area contributed by atoms with Gasteiger partial charge >= 0.3 is 0 Å². The van der Waals surface area contributed by atoms with Crippen molar-refractivity contribution in [2.24, 2.45) is 0 Å². The number of rotatable bonds is 4. The molecule has 0 spiro atoms. The summed E-state index contributed by atoms with van der Waals surface area (Å²) in [6.07, 6.45) is 4.71. The third-order valence-corrected chi connectivity index (χ3v) is 6.38. The molecule has 0 saturated heterocycles. The van der Waals surface area contributed by atoms with Crippen LogP contribution in [0.1, 0.15) is 54.4 Å². The van der Waals surface area contributed by atoms with Gasteiger partial charge in [0.15, 0.2) is 5.69 Å². The average molecular weight is 324 g/mol. The molecule has 6 nitrogen and oxygen atoms in total. The second-order valence-corrected chi connectivity index (χ2v) is 8.09. The Kier molecular flexibility index (Phi) is 4.93. The van der Waals surface area contributed by atoms with Gasteiger partial charge in [-0.2, -0.15) is 5.10 Å². The van der Waals surface area contributed by atoms with Crippen LogP contribution in [-0.4, -0.2) is 43.9 Å². The Hall–Kier alpha value is -1.21. The van der Waals surface area contributed by atoms with E-state index in [1.54, 1.807) is 0 Å². The smallest absolute Gasteiger partial charge is 0.272 e. The first-order chi connectivity index (χ1) is 10.7. The van der Waals surface area contributed by atoms with Gasteiger partial charge in [0.1, 0.15) is 0 Å². The van der Waals surface area contributed by atoms with E-state index < -0.39 is 10.8 Å². The van der Waals surface area contributed by atoms with Gasteiger partial charge in [0, 0.05) is 58.6 Å². The van der Waals surface area contributed by atoms with Crippen molar-refractivity contribution in [3.8, 4) is 0 Å². The van der Waals surface area contributed by atoms with E-state index in [-0.39, 0.29) is 17.2 Å². The predicted molar refractivity (Wildman–Crippen MR) is 86.2 cm³/mol. The highest BCUT2D eigenvalue weighted by Gasteiger charge is 2.28. The molecule has 2 aliphatic rings. The van der Waals surface area contributed by atoms with Crippen LogP contribution in [0.2, 0.25) is 0 Å². The number of hydrogen-bond donors (Lipinski definition) is 3. The Morgan fingerprint density at radius 2 is 2.32 bits per heavy atom. The lowest BCUT2D eigenvalue weighted by Crippen LogP contribution is -2.41. The molecule has 1 aromatic heterocycles. The number of carbonyl (C=O) groups excluding carboxylic acids is 1. The first-order valence-corrected chi connectivity index (χ1v) is 9.52. The third-order valence-electron chi connectivity index (χ3n) is 4.64. The van der Waals surface area contributed by atoms with Crippen LogP contribution in [0.15, 0.2) is 0 Å². The van der Waals surface area contributed by atoms with Crippen molar-refractivity contribution < 1.29 is 9.00 Å². The van der Waals surface area contributed by atoms with E-state index >= 15 is 0 Å². The zero-order valence-electron chi connectivity index (χ0n) is 13.0. The molecule has 22 heavy (non-hydrogen) atoms. The molecule has 1 aromatic rings. The Balaban J connectivity index is 1.64. The molecule has 1 fully saturated rings. The Morgan fingerprint density at radius 1 is 1.45 bits per heavy atom. The van der Waals surface area contributed by atoms with Gasteiger partial charge in [-0.3, -0.25) is 14.1 Å². The summed E-state index contributed by atoms with van der Waals surface area (Å²) in [5.74, 6) is 0.596. The number of hydrogen-bond acceptors (Lipinski definition) is 4. The highest BCUT2D eigenvalue weighted by Crippen LogP contribution is 2.24. The number of nitrogens with zero attached hydrogens (tertiary/aromatic N) is 1. The summed E-state index contributed by atoms with van der Waals surface area (Å²) in [4.78, 5) is 12.5. The van der Waals surface area contributed by atoms with Crippen molar-refractivity contribution in [2.45, 2.75) is 56.9 Å². The largest absolute Gasteiger partial charge is 0.348 e. The summed E-state index contributed by atoms with van der Waals surface area (Å²) in [6, 6.07) is 0.116. The molecule has 3 rings (SSSR count). The molecule has 122 valence electrons. The van der Waals surface area contributed by atoms with Crippen molar-refractivity contribution in [3.05, 3.63) is 17.0 Å². The summed E-state index contributed by atoms with van der Waals surface area (Å²) in [6.45, 7) is 3.58. The predicted octanol–water partition coefficient (Wildman–Crippen LogP) is 0.865. The second-order valence-electron chi connectivity index (χ2n) is 6.08. The molecule has 1 aliphatic carbocycles. The van der Waals surface area contributed by atoms with E-state index in [1.165, 1.54) is 0 Å². The monoisotopic (exact) mass is 324 g/mol. The normalized spacial score (nSPS) is 26.2. The standard InChI is InChI=1S/C15H24N4O2S/c1-2-22(21)11-5-3-4-10(8-11)17-15(20)14-12-9-16-7-6-13(12)18-19-14/h10-11,16H,2-9H2,1H3,(H,17,20)(H,18,19). The Labute approximate surface area is 133 Å². The fraction of sp³-hybridized carbons (Fsp3) is 0.733. The highest BCUT2D eigenvalue weighted by atomic mass is 32.2. The first kappa shape index (κ1) is 15.7. The number of aromatic nitrogens is 2. The maximum Gasteiger partial charge on any atom is 0.272 e. The summed E-state index contributed by atoms with van der Waals surface area (Å²) in [7, 11) is -0.771. The molecule has 3 atom stereocenters. The van der Waals surface area contributed by atoms with Crippen molar-refractivity contribution >= 4 is 16.7 Å². The van der Waals surface area contributed by atoms with Crippen LogP contribution in [0.25, 0.3) is 0 Å². The lowest BCUT2D eigenvalue weighted by Gasteiger charge is -2.29. The van der Waals surface area contributed by atoms with Crippen molar-refractivity contribution in [1.82, 2.24) is 20.8 Å². The van der Waals surface area contributed by atoms with Gasteiger partial charge in [-0.25, -0.2) is 0 Å². The molecule has 2 heterocycles. The zero-order valence-corrected chi connectivity index (χ0v) is 13.8. The van der Waals surface area contributed by atoms with Gasteiger partial charge in [0.05, 0.1) is 0 Å². The van der Waals surface area contributed by atoms with Crippen molar-refractivity contribution in [2.75, 3.05) is 12.3 Å². The van der Waals surface area contributed by atoms with Crippen LogP contribution in [0.3, 0.4) is 0 Å². The van der Waals surface area contributed by atoms with Gasteiger partial charge in [-0.1, -0.05) is 13.3 Å². The minimum absolute atomic E-state index is 0.103. The van der Waals surface area contributed by atoms with E-state index in [9.17, 15) is 9.00 Å². The van der Waals surface area contributed by atoms with E-state index in [0.717, 1.165) is 49.9 Å². The minimum Gasteiger partial charge on any atom is -0.348 e. The third kappa shape index (κ3) is 3.25. The lowest BCUT2D eigenvalue weighted by molar-refractivity contribution is 0.0922. The zero-order chi connectivity index (χ0) is 15.5. The molecular formula is C15H24N4O2S. The SMILES string of the molecule is CCS(=O)C1CCCC(NC(=O)c2n[nH]c3c2CNCC3)C1. The van der Waals surface area contributed by atoms with Crippen LogP contribution in [-0.2, 0) is 23.8 Å². The van der Waals surface area contributed by atoms with Gasteiger partial charge in [-0.05, 0) is 19.3 Å². The summed E-state index contributed by atoms with van der Waals surface area (Å²) in [5.41, 5.74) is 2.58. The fourth-order valence-electron chi connectivity index (χ4n) is 3.42. The van der Waals surface area contributed by atoms with E-state index in [4.69, 9.17) is 0 Å². The van der Waals surface area contributed by atoms with Gasteiger partial charge in [0.2, 0.25) is 0 Å². The molecule has 0 radical (unpaired) electrons. The molecule has 1 amide bonds. The van der Waals surface area contributed by atoms with Crippen LogP contribution in [0.5, 0.6) is 0 Å². The maximum absolute atomic E-state index is 12.5. The number of fused-ring (bicyclic) bond motifs is 1. The average Bonchev–Trinajstić information content (AvgIpc) is 2.98. The topological polar surface area (TPSA) is 86.9 Å². The number of nitrogens with one attached hydrogen (secondary N) is 3. The summed E-state index contributed by atoms with van der Waals surface area (Å²) >= 11 is 0. The van der Waals surface area contributed by atoms with Gasteiger partial charge < -0.3 is 10.6 Å². The number of H-pyrrole nitrogens is 1. The second kappa shape index (κ2) is 6.91. The van der Waals surface area contributed by atoms with E-state index in [1.807, 2.05) is 6.92 Å². The Bertz CT molecular complexity index is 572. The molecule has 7 heteroatoms. The molecule has 0 aromatic carbocycles. The quantitative estimate of drug-likeness (QED) is 0.767. The molecule has 0 bridgehead atoms. The fourth-order valence-corrected chi connectivity index (χ4v) is 4.77. The van der Waals surface area contributed by atoms with E-state index in [0.29, 0.717) is 18.0 Å². The highest BCUT2D eigenvalue weighted by molar-refractivity contribution is 7.85. The number of amides is 1. The Morgan fingerprint density at radius 3 is 3.14 bits per heavy atom. The van der Waals surface area contributed by atoms with Crippen molar-refractivity contribution in [1.29, 1.82) is 0 Å². The van der Waals surface area contributed by atoms with Crippen LogP contribution < -0.4 is 10.6 Å². The van der Waals surface area contributed by atoms with Crippen LogP contribution in [0.4, 0.5) is 0 Å². The maximum atomic E-state index is 12.5. The molecule has 3 unspecified atom stereocenters. The van der Waals surface area contributed by atoms with E-state index in [2.05, 4.69) is 20.8 Å². The molecular weight excluding hydrogens is 300 g/mol. The minimum atomic E-state index is -0.771. The van der Waals surface area contributed by atoms with Crippen LogP contribution >= 0.6 is 0 Å². The van der Waals surface area contributed by atoms with Gasteiger partial charge in [-0.15, -0.1) is 0 Å². The summed E-state index contributed by atoms with van der Waals surface area (Å²) in [5, 5.41) is 13.8. The molecule has 1 saturated carbocycles. The van der Waals surface area contributed by atoms with Crippen LogP contribution in [0, 0.1) is 0 Å². The first-order valence-electron chi connectivity index (χ1n) is 8.14. The summed E-state index contributed by atoms with van der Waals surface area (Å²) < 4.78 is 12.0.